The number of aliphatic hydroxyl groups is 1. The molecule has 1 aliphatic heterocycles. The van der Waals surface area contributed by atoms with Gasteiger partial charge in [-0.2, -0.15) is 0 Å². The van der Waals surface area contributed by atoms with Gasteiger partial charge in [0.25, 0.3) is 11.7 Å². The van der Waals surface area contributed by atoms with Crippen LogP contribution in [0.4, 0.5) is 10.1 Å². The molecule has 1 amide bonds. The highest BCUT2D eigenvalue weighted by molar-refractivity contribution is 6.52. The van der Waals surface area contributed by atoms with Crippen molar-refractivity contribution in [2.24, 2.45) is 0 Å². The van der Waals surface area contributed by atoms with Crippen LogP contribution < -0.4 is 14.4 Å². The van der Waals surface area contributed by atoms with Crippen molar-refractivity contribution >= 4 is 57.9 Å². The number of Topliss-reactive ketones (excluding diaryl/α,β-unsaturated/α-hetero) is 1. The Hall–Kier alpha value is -3.26. The van der Waals surface area contributed by atoms with Crippen molar-refractivity contribution in [1.82, 2.24) is 0 Å². The van der Waals surface area contributed by atoms with Crippen LogP contribution in [0, 0.1) is 5.82 Å². The van der Waals surface area contributed by atoms with E-state index in [0.29, 0.717) is 5.75 Å². The Kier molecular flexibility index (Phi) is 6.94. The smallest absolute Gasteiger partial charge is 0.300 e. The molecule has 1 saturated heterocycles. The van der Waals surface area contributed by atoms with E-state index in [1.165, 1.54) is 62.8 Å². The van der Waals surface area contributed by atoms with E-state index >= 15 is 0 Å². The van der Waals surface area contributed by atoms with E-state index < -0.39 is 29.3 Å². The minimum atomic E-state index is -1.31. The van der Waals surface area contributed by atoms with Crippen LogP contribution in [0.5, 0.6) is 11.5 Å². The molecule has 4 rings (SSSR count). The van der Waals surface area contributed by atoms with Crippen molar-refractivity contribution in [3.05, 3.63) is 92.2 Å². The van der Waals surface area contributed by atoms with Gasteiger partial charge in [0.05, 0.1) is 40.9 Å². The summed E-state index contributed by atoms with van der Waals surface area (Å²) in [6.07, 6.45) is 0. The maximum absolute atomic E-state index is 15.0. The number of methoxy groups -OCH3 is 2. The number of anilines is 1. The minimum Gasteiger partial charge on any atom is -0.507 e. The molecule has 3 aromatic carbocycles. The summed E-state index contributed by atoms with van der Waals surface area (Å²) in [5, 5.41) is 11.5. The van der Waals surface area contributed by atoms with E-state index in [0.717, 1.165) is 4.90 Å². The summed E-state index contributed by atoms with van der Waals surface area (Å²) in [6.45, 7) is 0. The lowest BCUT2D eigenvalue weighted by atomic mass is 9.94. The Morgan fingerprint density at radius 2 is 1.60 bits per heavy atom. The fourth-order valence-electron chi connectivity index (χ4n) is 3.94. The van der Waals surface area contributed by atoms with Gasteiger partial charge in [-0.3, -0.25) is 14.5 Å². The number of carbonyl (C=O) groups is 2. The quantitative estimate of drug-likeness (QED) is 0.231. The fraction of sp³-hybridized carbons (Fsp3) is 0.120. The van der Waals surface area contributed by atoms with Crippen LogP contribution in [0.1, 0.15) is 17.2 Å². The first-order valence-electron chi connectivity index (χ1n) is 10.1. The van der Waals surface area contributed by atoms with Crippen LogP contribution in [-0.4, -0.2) is 31.0 Å². The zero-order valence-corrected chi connectivity index (χ0v) is 20.6. The summed E-state index contributed by atoms with van der Waals surface area (Å²) >= 11 is 18.7. The number of rotatable bonds is 5. The molecule has 0 radical (unpaired) electrons. The molecule has 1 heterocycles. The predicted molar refractivity (Wildman–Crippen MR) is 132 cm³/mol. The highest BCUT2D eigenvalue weighted by Gasteiger charge is 2.48. The largest absolute Gasteiger partial charge is 0.507 e. The second-order valence-corrected chi connectivity index (χ2v) is 8.70. The van der Waals surface area contributed by atoms with Gasteiger partial charge in [-0.15, -0.1) is 0 Å². The zero-order chi connectivity index (χ0) is 25.4. The number of ether oxygens (including phenoxy) is 2. The van der Waals surface area contributed by atoms with E-state index in [2.05, 4.69) is 0 Å². The Morgan fingerprint density at radius 1 is 0.943 bits per heavy atom. The second kappa shape index (κ2) is 9.77. The van der Waals surface area contributed by atoms with Gasteiger partial charge in [-0.1, -0.05) is 53.0 Å². The molecule has 1 aliphatic rings. The molecule has 180 valence electrons. The summed E-state index contributed by atoms with van der Waals surface area (Å²) in [4.78, 5) is 27.5. The van der Waals surface area contributed by atoms with Gasteiger partial charge in [-0.25, -0.2) is 4.39 Å². The molecular formula is C25H17Cl3FNO5. The Bertz CT molecular complexity index is 1370. The van der Waals surface area contributed by atoms with E-state index in [-0.39, 0.29) is 43.2 Å². The third-order valence-electron chi connectivity index (χ3n) is 5.53. The zero-order valence-electron chi connectivity index (χ0n) is 18.3. The molecule has 0 spiro atoms. The van der Waals surface area contributed by atoms with Crippen molar-refractivity contribution in [3.8, 4) is 11.5 Å². The Balaban J connectivity index is 1.98. The number of hydrogen-bond donors (Lipinski definition) is 1. The monoisotopic (exact) mass is 535 g/mol. The van der Waals surface area contributed by atoms with Crippen LogP contribution in [0.15, 0.2) is 60.2 Å². The van der Waals surface area contributed by atoms with Crippen LogP contribution in [0.3, 0.4) is 0 Å². The predicted octanol–water partition coefficient (Wildman–Crippen LogP) is 6.43. The van der Waals surface area contributed by atoms with Gasteiger partial charge in [0, 0.05) is 16.8 Å². The summed E-state index contributed by atoms with van der Waals surface area (Å²) in [6, 6.07) is 11.4. The molecule has 0 aliphatic carbocycles. The summed E-state index contributed by atoms with van der Waals surface area (Å²) < 4.78 is 25.3. The van der Waals surface area contributed by atoms with Crippen molar-refractivity contribution in [3.63, 3.8) is 0 Å². The van der Waals surface area contributed by atoms with Crippen molar-refractivity contribution in [1.29, 1.82) is 0 Å². The molecule has 0 aromatic heterocycles. The molecule has 0 bridgehead atoms. The number of aliphatic hydroxyl groups excluding tert-OH is 1. The van der Waals surface area contributed by atoms with E-state index in [9.17, 15) is 19.1 Å². The first-order valence-corrected chi connectivity index (χ1v) is 11.2. The van der Waals surface area contributed by atoms with Crippen LogP contribution in [0.25, 0.3) is 5.76 Å². The normalized spacial score (nSPS) is 17.1. The standard InChI is InChI=1S/C25H17Cl3FNO5/c1-34-19-8-7-13(11-15(19)26)30-21(14-5-3-4-6-18(14)29)20(23(32)25(30)33)22(31)12-9-16(27)24(35-2)17(28)10-12/h3-11,21,31H,1-2H3/b22-20+. The maximum Gasteiger partial charge on any atom is 0.300 e. The molecule has 1 atom stereocenters. The molecule has 3 aromatic rings. The van der Waals surface area contributed by atoms with Gasteiger partial charge in [0.2, 0.25) is 0 Å². The topological polar surface area (TPSA) is 76.1 Å². The third-order valence-corrected chi connectivity index (χ3v) is 6.39. The molecule has 1 N–H and O–H groups in total. The van der Waals surface area contributed by atoms with Crippen LogP contribution in [0.2, 0.25) is 15.1 Å². The molecule has 1 unspecified atom stereocenters. The second-order valence-electron chi connectivity index (χ2n) is 7.48. The van der Waals surface area contributed by atoms with Crippen LogP contribution >= 0.6 is 34.8 Å². The van der Waals surface area contributed by atoms with Gasteiger partial charge in [0.1, 0.15) is 17.3 Å². The van der Waals surface area contributed by atoms with E-state index in [1.807, 2.05) is 0 Å². The first-order chi connectivity index (χ1) is 16.7. The van der Waals surface area contributed by atoms with Gasteiger partial charge in [-0.05, 0) is 36.4 Å². The lowest BCUT2D eigenvalue weighted by Crippen LogP contribution is -2.29. The van der Waals surface area contributed by atoms with E-state index in [1.54, 1.807) is 6.07 Å². The molecule has 10 heteroatoms. The molecule has 35 heavy (non-hydrogen) atoms. The average molecular weight is 537 g/mol. The number of benzene rings is 3. The average Bonchev–Trinajstić information content (AvgIpc) is 3.08. The van der Waals surface area contributed by atoms with Gasteiger partial charge < -0.3 is 14.6 Å². The SMILES string of the molecule is COc1ccc(N2C(=O)C(=O)/C(=C(/O)c3cc(Cl)c(OC)c(Cl)c3)C2c2ccccc2F)cc1Cl. The lowest BCUT2D eigenvalue weighted by Gasteiger charge is -2.26. The molecule has 0 saturated carbocycles. The van der Waals surface area contributed by atoms with E-state index in [4.69, 9.17) is 44.3 Å². The molecule has 6 nitrogen and oxygen atoms in total. The maximum atomic E-state index is 15.0. The van der Waals surface area contributed by atoms with Gasteiger partial charge >= 0.3 is 0 Å². The summed E-state index contributed by atoms with van der Waals surface area (Å²) in [7, 11) is 2.80. The Labute approximate surface area is 215 Å². The van der Waals surface area contributed by atoms with Crippen molar-refractivity contribution in [2.45, 2.75) is 6.04 Å². The third kappa shape index (κ3) is 4.31. The molecule has 1 fully saturated rings. The minimum absolute atomic E-state index is 0.00843. The summed E-state index contributed by atoms with van der Waals surface area (Å²) in [5.74, 6) is -2.75. The number of amides is 1. The number of nitrogens with zero attached hydrogens (tertiary/aromatic N) is 1. The number of carbonyl (C=O) groups excluding carboxylic acids is 2. The Morgan fingerprint density at radius 3 is 2.17 bits per heavy atom. The van der Waals surface area contributed by atoms with Crippen molar-refractivity contribution in [2.75, 3.05) is 19.1 Å². The highest BCUT2D eigenvalue weighted by Crippen LogP contribution is 2.45. The van der Waals surface area contributed by atoms with Crippen molar-refractivity contribution < 1.29 is 28.6 Å². The number of halogens is 4. The van der Waals surface area contributed by atoms with Gasteiger partial charge in [0.15, 0.2) is 5.75 Å². The molecular weight excluding hydrogens is 520 g/mol. The van der Waals surface area contributed by atoms with Crippen LogP contribution in [-0.2, 0) is 9.59 Å². The fourth-order valence-corrected chi connectivity index (χ4v) is 4.84. The highest BCUT2D eigenvalue weighted by atomic mass is 35.5. The first kappa shape index (κ1) is 24.9. The lowest BCUT2D eigenvalue weighted by molar-refractivity contribution is -0.132. The summed E-state index contributed by atoms with van der Waals surface area (Å²) in [5.41, 5.74) is -0.0980. The number of ketones is 1. The number of hydrogen-bond acceptors (Lipinski definition) is 5.